The molecule has 0 aromatic heterocycles. The maximum absolute atomic E-state index is 13.1. The highest BCUT2D eigenvalue weighted by molar-refractivity contribution is 6.18. The first kappa shape index (κ1) is 11.6. The van der Waals surface area contributed by atoms with Gasteiger partial charge in [0.2, 0.25) is 0 Å². The summed E-state index contributed by atoms with van der Waals surface area (Å²) in [5.41, 5.74) is -0.000118. The van der Waals surface area contributed by atoms with Crippen LogP contribution >= 0.6 is 11.6 Å². The summed E-state index contributed by atoms with van der Waals surface area (Å²) in [6, 6.07) is 2.92. The van der Waals surface area contributed by atoms with E-state index in [9.17, 15) is 9.18 Å². The van der Waals surface area contributed by atoms with E-state index in [1.165, 1.54) is 12.1 Å². The Bertz CT molecular complexity index is 360. The third-order valence-corrected chi connectivity index (χ3v) is 1.77. The van der Waals surface area contributed by atoms with Crippen LogP contribution in [0.15, 0.2) is 18.2 Å². The molecule has 6 heteroatoms. The molecule has 0 saturated carbocycles. The Balaban J connectivity index is 2.60. The molecule has 82 valence electrons. The van der Waals surface area contributed by atoms with Crippen molar-refractivity contribution in [3.05, 3.63) is 24.0 Å². The van der Waals surface area contributed by atoms with Crippen molar-refractivity contribution in [2.45, 2.75) is 0 Å². The zero-order chi connectivity index (χ0) is 11.3. The number of carbonyl (C=O) groups excluding carboxylic acids is 1. The minimum atomic E-state index is -0.698. The molecule has 1 aromatic carbocycles. The van der Waals surface area contributed by atoms with Crippen molar-refractivity contribution >= 4 is 23.3 Å². The largest absolute Gasteiger partial charge is 0.508 e. The Morgan fingerprint density at radius 1 is 1.53 bits per heavy atom. The van der Waals surface area contributed by atoms with Gasteiger partial charge in [-0.1, -0.05) is 0 Å². The molecule has 0 saturated heterocycles. The van der Waals surface area contributed by atoms with Gasteiger partial charge in [-0.25, -0.2) is 9.18 Å². The minimum absolute atomic E-state index is 0.000118. The smallest absolute Gasteiger partial charge is 0.319 e. The molecule has 3 N–H and O–H groups in total. The Labute approximate surface area is 91.1 Å². The van der Waals surface area contributed by atoms with Gasteiger partial charge in [0.05, 0.1) is 5.69 Å². The van der Waals surface area contributed by atoms with E-state index in [-0.39, 0.29) is 17.3 Å². The maximum Gasteiger partial charge on any atom is 0.319 e. The second-order valence-electron chi connectivity index (χ2n) is 2.73. The van der Waals surface area contributed by atoms with E-state index in [1.54, 1.807) is 0 Å². The topological polar surface area (TPSA) is 61.4 Å². The van der Waals surface area contributed by atoms with Crippen LogP contribution in [0.4, 0.5) is 14.9 Å². The molecule has 0 fully saturated rings. The fraction of sp³-hybridized carbons (Fsp3) is 0.222. The van der Waals surface area contributed by atoms with Gasteiger partial charge >= 0.3 is 6.03 Å². The average molecular weight is 233 g/mol. The van der Waals surface area contributed by atoms with Crippen LogP contribution in [0.3, 0.4) is 0 Å². The number of amides is 2. The fourth-order valence-electron chi connectivity index (χ4n) is 0.933. The van der Waals surface area contributed by atoms with Crippen LogP contribution < -0.4 is 10.6 Å². The van der Waals surface area contributed by atoms with Crippen molar-refractivity contribution in [3.8, 4) is 5.75 Å². The molecule has 0 aliphatic rings. The number of anilines is 1. The number of rotatable bonds is 3. The van der Waals surface area contributed by atoms with E-state index in [0.717, 1.165) is 6.07 Å². The molecule has 15 heavy (non-hydrogen) atoms. The minimum Gasteiger partial charge on any atom is -0.508 e. The Hall–Kier alpha value is -1.49. The number of halogens is 2. The molecule has 2 amide bonds. The molecule has 0 unspecified atom stereocenters. The summed E-state index contributed by atoms with van der Waals surface area (Å²) in [5.74, 6) is -0.610. The lowest BCUT2D eigenvalue weighted by Crippen LogP contribution is -2.30. The van der Waals surface area contributed by atoms with Crippen LogP contribution in [-0.2, 0) is 0 Å². The maximum atomic E-state index is 13.1. The molecule has 0 bridgehead atoms. The highest BCUT2D eigenvalue weighted by Gasteiger charge is 2.06. The summed E-state index contributed by atoms with van der Waals surface area (Å²) >= 11 is 5.35. The van der Waals surface area contributed by atoms with Gasteiger partial charge in [0.1, 0.15) is 11.6 Å². The average Bonchev–Trinajstić information content (AvgIpc) is 2.19. The van der Waals surface area contributed by atoms with Gasteiger partial charge in [0.15, 0.2) is 0 Å². The summed E-state index contributed by atoms with van der Waals surface area (Å²) in [6.07, 6.45) is 0. The Morgan fingerprint density at radius 3 is 2.87 bits per heavy atom. The lowest BCUT2D eigenvalue weighted by atomic mass is 10.3. The van der Waals surface area contributed by atoms with E-state index >= 15 is 0 Å². The molecule has 0 aliphatic carbocycles. The van der Waals surface area contributed by atoms with Gasteiger partial charge < -0.3 is 15.7 Å². The van der Waals surface area contributed by atoms with Crippen LogP contribution in [0.2, 0.25) is 0 Å². The summed E-state index contributed by atoms with van der Waals surface area (Å²) in [7, 11) is 0. The number of phenolic OH excluding ortho intramolecular Hbond substituents is 1. The molecule has 0 spiro atoms. The molecule has 0 heterocycles. The SMILES string of the molecule is O=C(NCCCl)Nc1ccc(O)cc1F. The van der Waals surface area contributed by atoms with Crippen molar-refractivity contribution in [1.82, 2.24) is 5.32 Å². The highest BCUT2D eigenvalue weighted by atomic mass is 35.5. The standard InChI is InChI=1S/C9H10ClFN2O2/c10-3-4-12-9(15)13-8-2-1-6(14)5-7(8)11/h1-2,5,14H,3-4H2,(H2,12,13,15). The van der Waals surface area contributed by atoms with Gasteiger partial charge in [-0.2, -0.15) is 0 Å². The predicted octanol–water partition coefficient (Wildman–Crippen LogP) is 1.89. The van der Waals surface area contributed by atoms with Gasteiger partial charge in [-0.3, -0.25) is 0 Å². The summed E-state index contributed by atoms with van der Waals surface area (Å²) < 4.78 is 13.1. The number of hydrogen-bond acceptors (Lipinski definition) is 2. The van der Waals surface area contributed by atoms with Gasteiger partial charge in [-0.15, -0.1) is 11.6 Å². The van der Waals surface area contributed by atoms with Gasteiger partial charge in [0, 0.05) is 18.5 Å². The number of hydrogen-bond donors (Lipinski definition) is 3. The quantitative estimate of drug-likeness (QED) is 0.551. The number of urea groups is 1. The van der Waals surface area contributed by atoms with Crippen molar-refractivity contribution in [1.29, 1.82) is 0 Å². The van der Waals surface area contributed by atoms with Crippen molar-refractivity contribution < 1.29 is 14.3 Å². The zero-order valence-corrected chi connectivity index (χ0v) is 8.51. The predicted molar refractivity (Wildman–Crippen MR) is 55.8 cm³/mol. The number of carbonyl (C=O) groups is 1. The second-order valence-corrected chi connectivity index (χ2v) is 3.11. The van der Waals surface area contributed by atoms with E-state index in [0.29, 0.717) is 6.54 Å². The first-order chi connectivity index (χ1) is 7.13. The summed E-state index contributed by atoms with van der Waals surface area (Å²) in [5, 5.41) is 13.6. The Morgan fingerprint density at radius 2 is 2.27 bits per heavy atom. The number of aromatic hydroxyl groups is 1. The van der Waals surface area contributed by atoms with E-state index in [1.807, 2.05) is 0 Å². The Kier molecular flexibility index (Phi) is 4.17. The van der Waals surface area contributed by atoms with Crippen molar-refractivity contribution in [2.75, 3.05) is 17.7 Å². The summed E-state index contributed by atoms with van der Waals surface area (Å²) in [6.45, 7) is 0.299. The van der Waals surface area contributed by atoms with Gasteiger partial charge in [-0.05, 0) is 12.1 Å². The second kappa shape index (κ2) is 5.41. The molecular formula is C9H10ClFN2O2. The fourth-order valence-corrected chi connectivity index (χ4v) is 1.03. The number of phenols is 1. The lowest BCUT2D eigenvalue weighted by molar-refractivity contribution is 0.252. The van der Waals surface area contributed by atoms with Crippen LogP contribution in [0.1, 0.15) is 0 Å². The first-order valence-corrected chi connectivity index (χ1v) is 4.76. The molecular weight excluding hydrogens is 223 g/mol. The van der Waals surface area contributed by atoms with Crippen LogP contribution in [0, 0.1) is 5.82 Å². The highest BCUT2D eigenvalue weighted by Crippen LogP contribution is 2.18. The van der Waals surface area contributed by atoms with E-state index in [2.05, 4.69) is 10.6 Å². The lowest BCUT2D eigenvalue weighted by Gasteiger charge is -2.07. The number of benzene rings is 1. The van der Waals surface area contributed by atoms with Crippen LogP contribution in [0.5, 0.6) is 5.75 Å². The molecule has 0 aliphatic heterocycles. The van der Waals surface area contributed by atoms with Crippen LogP contribution in [0.25, 0.3) is 0 Å². The number of alkyl halides is 1. The monoisotopic (exact) mass is 232 g/mol. The molecule has 1 rings (SSSR count). The number of nitrogens with one attached hydrogen (secondary N) is 2. The molecule has 0 atom stereocenters. The van der Waals surface area contributed by atoms with E-state index in [4.69, 9.17) is 16.7 Å². The van der Waals surface area contributed by atoms with Crippen molar-refractivity contribution in [3.63, 3.8) is 0 Å². The third kappa shape index (κ3) is 3.63. The molecule has 1 aromatic rings. The summed E-state index contributed by atoms with van der Waals surface area (Å²) in [4.78, 5) is 11.1. The normalized spacial score (nSPS) is 9.73. The molecule has 0 radical (unpaired) electrons. The van der Waals surface area contributed by atoms with Crippen molar-refractivity contribution in [2.24, 2.45) is 0 Å². The zero-order valence-electron chi connectivity index (χ0n) is 7.76. The van der Waals surface area contributed by atoms with Crippen LogP contribution in [-0.4, -0.2) is 23.6 Å². The van der Waals surface area contributed by atoms with Gasteiger partial charge in [0.25, 0.3) is 0 Å². The van der Waals surface area contributed by atoms with E-state index < -0.39 is 11.8 Å². The first-order valence-electron chi connectivity index (χ1n) is 4.23. The third-order valence-electron chi connectivity index (χ3n) is 1.58. The molecule has 4 nitrogen and oxygen atoms in total.